The van der Waals surface area contributed by atoms with Crippen molar-refractivity contribution in [3.8, 4) is 0 Å². The van der Waals surface area contributed by atoms with E-state index in [1.165, 1.54) is 50.8 Å². The van der Waals surface area contributed by atoms with Crippen LogP contribution in [0.2, 0.25) is 0 Å². The minimum Gasteiger partial charge on any atom is -0.332 e. The zero-order valence-corrected chi connectivity index (χ0v) is 18.8. The molecule has 0 aliphatic carbocycles. The molecule has 0 aromatic carbocycles. The number of aryl methyl sites for hydroxylation is 1. The molecule has 2 aliphatic rings. The van der Waals surface area contributed by atoms with Gasteiger partial charge in [-0.15, -0.1) is 0 Å². The molecule has 2 atom stereocenters. The summed E-state index contributed by atoms with van der Waals surface area (Å²) >= 11 is 0. The van der Waals surface area contributed by atoms with Crippen molar-refractivity contribution in [2.24, 2.45) is 5.92 Å². The second kappa shape index (κ2) is 10.0. The lowest BCUT2D eigenvalue weighted by Crippen LogP contribution is -2.56. The van der Waals surface area contributed by atoms with E-state index in [-0.39, 0.29) is 0 Å². The van der Waals surface area contributed by atoms with Gasteiger partial charge in [-0.3, -0.25) is 4.90 Å². The Morgan fingerprint density at radius 2 is 1.64 bits per heavy atom. The number of hydrogen-bond acceptors (Lipinski definition) is 5. The molecule has 0 radical (unpaired) electrons. The lowest BCUT2D eigenvalue weighted by atomic mass is 10.1. The van der Waals surface area contributed by atoms with Gasteiger partial charge in [0, 0.05) is 50.2 Å². The molecule has 2 aliphatic heterocycles. The highest BCUT2D eigenvalue weighted by molar-refractivity contribution is 5.37. The van der Waals surface area contributed by atoms with Crippen molar-refractivity contribution < 1.29 is 0 Å². The van der Waals surface area contributed by atoms with Crippen LogP contribution in [0.15, 0.2) is 12.4 Å². The number of fused-ring (bicyclic) bond motifs is 2. The Balaban J connectivity index is 1.42. The van der Waals surface area contributed by atoms with E-state index in [4.69, 9.17) is 9.97 Å². The van der Waals surface area contributed by atoms with Crippen molar-refractivity contribution in [2.75, 3.05) is 38.1 Å². The van der Waals surface area contributed by atoms with Gasteiger partial charge in [-0.2, -0.15) is 0 Å². The van der Waals surface area contributed by atoms with Crippen LogP contribution in [0, 0.1) is 5.92 Å². The molecule has 28 heavy (non-hydrogen) atoms. The van der Waals surface area contributed by atoms with Crippen molar-refractivity contribution in [1.82, 2.24) is 19.8 Å². The third-order valence-corrected chi connectivity index (χ3v) is 6.35. The van der Waals surface area contributed by atoms with Crippen LogP contribution in [0.1, 0.15) is 65.4 Å². The molecule has 0 saturated carbocycles. The fourth-order valence-corrected chi connectivity index (χ4v) is 4.90. The molecule has 0 spiro atoms. The summed E-state index contributed by atoms with van der Waals surface area (Å²) in [4.78, 5) is 17.1. The second-order valence-electron chi connectivity index (χ2n) is 9.70. The highest BCUT2D eigenvalue weighted by Crippen LogP contribution is 2.33. The summed E-state index contributed by atoms with van der Waals surface area (Å²) in [5.41, 5.74) is 1.28. The van der Waals surface area contributed by atoms with Crippen molar-refractivity contribution in [1.29, 1.82) is 0 Å². The fraction of sp³-hybridized carbons (Fsp3) is 0.826. The van der Waals surface area contributed by atoms with Crippen LogP contribution in [0.4, 0.5) is 5.95 Å². The predicted molar refractivity (Wildman–Crippen MR) is 118 cm³/mol. The van der Waals surface area contributed by atoms with Crippen molar-refractivity contribution >= 4 is 5.95 Å². The maximum atomic E-state index is 4.76. The van der Waals surface area contributed by atoms with Gasteiger partial charge in [-0.1, -0.05) is 20.3 Å². The van der Waals surface area contributed by atoms with Gasteiger partial charge in [0.15, 0.2) is 0 Å². The van der Waals surface area contributed by atoms with Gasteiger partial charge in [-0.05, 0) is 71.0 Å². The normalized spacial score (nSPS) is 22.8. The van der Waals surface area contributed by atoms with Gasteiger partial charge in [0.05, 0.1) is 0 Å². The molecule has 1 aromatic heterocycles. The van der Waals surface area contributed by atoms with E-state index >= 15 is 0 Å². The Morgan fingerprint density at radius 1 is 1.00 bits per heavy atom. The number of likely N-dealkylation sites (tertiary alicyclic amines) is 1. The van der Waals surface area contributed by atoms with Gasteiger partial charge in [0.2, 0.25) is 5.95 Å². The van der Waals surface area contributed by atoms with Crippen LogP contribution in [0.25, 0.3) is 0 Å². The van der Waals surface area contributed by atoms with E-state index in [9.17, 15) is 0 Å². The first-order chi connectivity index (χ1) is 13.4. The number of anilines is 1. The Morgan fingerprint density at radius 3 is 2.21 bits per heavy atom. The van der Waals surface area contributed by atoms with Crippen molar-refractivity contribution in [3.05, 3.63) is 18.0 Å². The number of rotatable bonds is 10. The molecule has 2 bridgehead atoms. The molecule has 1 aromatic rings. The molecule has 2 saturated heterocycles. The highest BCUT2D eigenvalue weighted by atomic mass is 15.4. The monoisotopic (exact) mass is 387 g/mol. The largest absolute Gasteiger partial charge is 0.332 e. The third-order valence-electron chi connectivity index (χ3n) is 6.35. The van der Waals surface area contributed by atoms with E-state index in [1.807, 2.05) is 0 Å². The van der Waals surface area contributed by atoms with E-state index < -0.39 is 0 Å². The number of nitrogens with zero attached hydrogens (tertiary/aromatic N) is 5. The molecule has 0 amide bonds. The number of hydrogen-bond donors (Lipinski definition) is 0. The van der Waals surface area contributed by atoms with Gasteiger partial charge in [0.25, 0.3) is 0 Å². The third kappa shape index (κ3) is 5.66. The molecule has 3 rings (SSSR count). The Hall–Kier alpha value is -1.20. The Kier molecular flexibility index (Phi) is 7.69. The summed E-state index contributed by atoms with van der Waals surface area (Å²) in [7, 11) is 2.24. The lowest BCUT2D eigenvalue weighted by molar-refractivity contribution is 0.176. The molecule has 3 heterocycles. The SMILES string of the molecule is CC(C)CN(C)CCCCCc1cnc(N2C3CCC2CN(C(C)C)C3)nc1. The summed E-state index contributed by atoms with van der Waals surface area (Å²) in [5, 5.41) is 0. The molecule has 158 valence electrons. The Bertz CT molecular complexity index is 571. The Labute approximate surface area is 172 Å². The quantitative estimate of drug-likeness (QED) is 0.570. The van der Waals surface area contributed by atoms with Crippen molar-refractivity contribution in [3.63, 3.8) is 0 Å². The summed E-state index contributed by atoms with van der Waals surface area (Å²) in [5.74, 6) is 1.71. The van der Waals surface area contributed by atoms with Crippen LogP contribution >= 0.6 is 0 Å². The first kappa shape index (κ1) is 21.5. The van der Waals surface area contributed by atoms with Gasteiger partial charge < -0.3 is 9.80 Å². The lowest BCUT2D eigenvalue weighted by Gasteiger charge is -2.42. The number of piperazine rings is 1. The topological polar surface area (TPSA) is 35.5 Å². The summed E-state index contributed by atoms with van der Waals surface area (Å²) < 4.78 is 0. The maximum Gasteiger partial charge on any atom is 0.225 e. The minimum atomic E-state index is 0.592. The average Bonchev–Trinajstić information content (AvgIpc) is 2.90. The van der Waals surface area contributed by atoms with E-state index in [0.29, 0.717) is 18.1 Å². The molecule has 5 heteroatoms. The van der Waals surface area contributed by atoms with Crippen LogP contribution in [0.5, 0.6) is 0 Å². The number of aromatic nitrogens is 2. The predicted octanol–water partition coefficient (Wildman–Crippen LogP) is 3.84. The van der Waals surface area contributed by atoms with Crippen LogP contribution in [-0.4, -0.2) is 71.1 Å². The average molecular weight is 388 g/mol. The smallest absolute Gasteiger partial charge is 0.225 e. The molecule has 0 N–H and O–H groups in total. The standard InChI is InChI=1S/C23H41N5/c1-18(2)15-26(5)12-8-6-7-9-20-13-24-23(25-14-20)28-21-10-11-22(28)17-27(16-21)19(3)4/h13-14,18-19,21-22H,6-12,15-17H2,1-5H3. The first-order valence-electron chi connectivity index (χ1n) is 11.5. The van der Waals surface area contributed by atoms with Crippen LogP contribution in [0.3, 0.4) is 0 Å². The second-order valence-corrected chi connectivity index (χ2v) is 9.70. The van der Waals surface area contributed by atoms with Gasteiger partial charge in [0.1, 0.15) is 0 Å². The van der Waals surface area contributed by atoms with Crippen LogP contribution in [-0.2, 0) is 6.42 Å². The molecular formula is C23H41N5. The van der Waals surface area contributed by atoms with Gasteiger partial charge >= 0.3 is 0 Å². The van der Waals surface area contributed by atoms with Gasteiger partial charge in [-0.25, -0.2) is 9.97 Å². The summed E-state index contributed by atoms with van der Waals surface area (Å²) in [6.07, 6.45) is 11.6. The zero-order valence-electron chi connectivity index (χ0n) is 18.8. The van der Waals surface area contributed by atoms with Crippen LogP contribution < -0.4 is 4.90 Å². The molecular weight excluding hydrogens is 346 g/mol. The highest BCUT2D eigenvalue weighted by Gasteiger charge is 2.41. The molecule has 2 unspecified atom stereocenters. The minimum absolute atomic E-state index is 0.592. The number of unbranched alkanes of at least 4 members (excludes halogenated alkanes) is 2. The fourth-order valence-electron chi connectivity index (χ4n) is 4.90. The first-order valence-corrected chi connectivity index (χ1v) is 11.5. The van der Waals surface area contributed by atoms with E-state index in [2.05, 4.69) is 61.8 Å². The van der Waals surface area contributed by atoms with E-state index in [1.54, 1.807) is 0 Å². The van der Waals surface area contributed by atoms with Crippen molar-refractivity contribution in [2.45, 2.75) is 84.3 Å². The molecule has 2 fully saturated rings. The summed E-state index contributed by atoms with van der Waals surface area (Å²) in [6.45, 7) is 13.9. The van der Waals surface area contributed by atoms with E-state index in [0.717, 1.165) is 31.4 Å². The molecule has 5 nitrogen and oxygen atoms in total. The maximum absolute atomic E-state index is 4.76. The zero-order chi connectivity index (χ0) is 20.1. The summed E-state index contributed by atoms with van der Waals surface area (Å²) in [6, 6.07) is 1.82.